The van der Waals surface area contributed by atoms with Crippen molar-refractivity contribution >= 4 is 46.1 Å². The second-order valence-corrected chi connectivity index (χ2v) is 12.4. The number of fused-ring (bicyclic) bond motifs is 2. The van der Waals surface area contributed by atoms with Crippen LogP contribution in [0, 0.1) is 5.82 Å². The molecule has 1 aliphatic rings. The van der Waals surface area contributed by atoms with Gasteiger partial charge in [0.25, 0.3) is 0 Å². The van der Waals surface area contributed by atoms with Crippen molar-refractivity contribution in [3.63, 3.8) is 0 Å². The number of ether oxygens (including phenoxy) is 4. The van der Waals surface area contributed by atoms with Crippen LogP contribution in [0.15, 0.2) is 88.7 Å². The first-order valence-corrected chi connectivity index (χ1v) is 17.6. The lowest BCUT2D eigenvalue weighted by atomic mass is 9.82. The summed E-state index contributed by atoms with van der Waals surface area (Å²) in [7, 11) is 0. The summed E-state index contributed by atoms with van der Waals surface area (Å²) in [5.74, 6) is -2.58. The summed E-state index contributed by atoms with van der Waals surface area (Å²) < 4.78 is 41.5. The van der Waals surface area contributed by atoms with E-state index in [4.69, 9.17) is 18.9 Å². The maximum atomic E-state index is 17.6. The molecule has 4 N–H and O–H groups in total. The summed E-state index contributed by atoms with van der Waals surface area (Å²) in [6, 6.07) is 21.6. The average molecular weight is 725 g/mol. The lowest BCUT2D eigenvalue weighted by Gasteiger charge is -2.28. The number of halogens is 1. The van der Waals surface area contributed by atoms with Gasteiger partial charge in [0, 0.05) is 4.90 Å². The summed E-state index contributed by atoms with van der Waals surface area (Å²) in [6.45, 7) is 8.42. The summed E-state index contributed by atoms with van der Waals surface area (Å²) in [6.07, 6.45) is 0. The Balaban J connectivity index is 1.74. The Hall–Kier alpha value is -5.88. The van der Waals surface area contributed by atoms with Crippen LogP contribution in [0.25, 0.3) is 0 Å². The van der Waals surface area contributed by atoms with Gasteiger partial charge in [-0.15, -0.1) is 0 Å². The van der Waals surface area contributed by atoms with E-state index >= 15 is 4.39 Å². The highest BCUT2D eigenvalue weighted by molar-refractivity contribution is 7.99. The second-order valence-electron chi connectivity index (χ2n) is 11.3. The van der Waals surface area contributed by atoms with Gasteiger partial charge in [0.2, 0.25) is 5.78 Å². The van der Waals surface area contributed by atoms with E-state index in [1.807, 2.05) is 33.8 Å². The van der Waals surface area contributed by atoms with Crippen molar-refractivity contribution in [2.45, 2.75) is 37.5 Å². The maximum absolute atomic E-state index is 17.6. The van der Waals surface area contributed by atoms with Gasteiger partial charge in [-0.05, 0) is 76.2 Å². The van der Waals surface area contributed by atoms with Crippen LogP contribution in [-0.2, 0) is 0 Å². The Labute approximate surface area is 304 Å². The highest BCUT2D eigenvalue weighted by atomic mass is 32.2. The number of para-hydroxylation sites is 2. The van der Waals surface area contributed by atoms with Crippen molar-refractivity contribution in [1.29, 1.82) is 0 Å². The minimum absolute atomic E-state index is 0.0520. The molecule has 6 rings (SSSR count). The molecule has 0 aromatic heterocycles. The normalized spacial score (nSPS) is 11.8. The van der Waals surface area contributed by atoms with Gasteiger partial charge in [-0.25, -0.2) is 4.39 Å². The Bertz CT molecular complexity index is 2110. The van der Waals surface area contributed by atoms with Gasteiger partial charge < -0.3 is 39.8 Å². The fourth-order valence-electron chi connectivity index (χ4n) is 5.98. The van der Waals surface area contributed by atoms with E-state index in [2.05, 4.69) is 10.6 Å². The molecule has 0 radical (unpaired) electrons. The minimum Gasteiger partial charge on any atom is -0.507 e. The molecular weight excluding hydrogens is 688 g/mol. The quantitative estimate of drug-likeness (QED) is 0.0801. The van der Waals surface area contributed by atoms with Crippen LogP contribution in [-0.4, -0.2) is 48.2 Å². The molecule has 0 saturated heterocycles. The van der Waals surface area contributed by atoms with Crippen LogP contribution in [0.2, 0.25) is 0 Å². The number of hydrogen-bond acceptors (Lipinski definition) is 11. The molecule has 0 unspecified atom stereocenters. The zero-order valence-electron chi connectivity index (χ0n) is 29.0. The van der Waals surface area contributed by atoms with Crippen molar-refractivity contribution in [2.24, 2.45) is 0 Å². The van der Waals surface area contributed by atoms with Crippen LogP contribution in [0.5, 0.6) is 34.5 Å². The third-order valence-electron chi connectivity index (χ3n) is 8.10. The smallest absolute Gasteiger partial charge is 0.201 e. The summed E-state index contributed by atoms with van der Waals surface area (Å²) in [5, 5.41) is 28.2. The van der Waals surface area contributed by atoms with Gasteiger partial charge in [-0.3, -0.25) is 9.59 Å². The van der Waals surface area contributed by atoms with E-state index in [1.165, 1.54) is 0 Å². The lowest BCUT2D eigenvalue weighted by molar-refractivity contribution is 0.0968. The summed E-state index contributed by atoms with van der Waals surface area (Å²) in [5.41, 5.74) is -1.39. The number of aromatic hydroxyl groups is 2. The van der Waals surface area contributed by atoms with E-state index in [-0.39, 0.29) is 40.7 Å². The van der Waals surface area contributed by atoms with Crippen molar-refractivity contribution in [1.82, 2.24) is 0 Å². The first-order chi connectivity index (χ1) is 25.2. The molecule has 0 spiro atoms. The average Bonchev–Trinajstić information content (AvgIpc) is 3.13. The van der Waals surface area contributed by atoms with E-state index in [1.54, 1.807) is 60.7 Å². The molecule has 0 atom stereocenters. The summed E-state index contributed by atoms with van der Waals surface area (Å²) >= 11 is 1.11. The van der Waals surface area contributed by atoms with Crippen molar-refractivity contribution in [3.8, 4) is 34.5 Å². The highest BCUT2D eigenvalue weighted by Crippen LogP contribution is 2.53. The number of phenols is 2. The molecule has 0 amide bonds. The molecule has 0 fully saturated rings. The predicted molar refractivity (Wildman–Crippen MR) is 198 cm³/mol. The van der Waals surface area contributed by atoms with Crippen LogP contribution in [0.4, 0.5) is 27.1 Å². The van der Waals surface area contributed by atoms with Crippen molar-refractivity contribution < 1.29 is 43.1 Å². The molecule has 0 aliphatic heterocycles. The van der Waals surface area contributed by atoms with Crippen LogP contribution in [0.3, 0.4) is 0 Å². The maximum Gasteiger partial charge on any atom is 0.201 e. The molecule has 0 heterocycles. The lowest BCUT2D eigenvalue weighted by Crippen LogP contribution is -2.25. The number of phenolic OH excluding ortho intramolecular Hbond substituents is 2. The van der Waals surface area contributed by atoms with Gasteiger partial charge in [0.1, 0.15) is 51.6 Å². The number of rotatable bonds is 14. The number of carbonyl (C=O) groups excluding carboxylic acids is 2. The van der Waals surface area contributed by atoms with Gasteiger partial charge in [-0.1, -0.05) is 42.1 Å². The fourth-order valence-corrected chi connectivity index (χ4v) is 7.06. The topological polar surface area (TPSA) is 136 Å². The number of ketones is 2. The Kier molecular flexibility index (Phi) is 10.8. The standard InChI is InChI=1S/C40H37FN2O8S/c1-5-48-25-16-12-17-26(49-6-2)34(25)42-36-33(41)31-32(39(47)30-24(45)21-20-23(44)29(30)38(31)46)40(52-22-14-10-9-11-15-22)37(36)43-35-27(50-7-3)18-13-19-28(35)51-8-4/h9-21,42-45H,5-8H2,1-4H3. The molecule has 5 aromatic carbocycles. The van der Waals surface area contributed by atoms with Gasteiger partial charge in [0.15, 0.2) is 11.6 Å². The highest BCUT2D eigenvalue weighted by Gasteiger charge is 2.42. The second kappa shape index (κ2) is 15.6. The number of carbonyl (C=O) groups is 2. The van der Waals surface area contributed by atoms with Crippen molar-refractivity contribution in [2.75, 3.05) is 37.1 Å². The molecule has 0 bridgehead atoms. The van der Waals surface area contributed by atoms with Gasteiger partial charge in [-0.2, -0.15) is 0 Å². The zero-order chi connectivity index (χ0) is 36.9. The molecule has 52 heavy (non-hydrogen) atoms. The van der Waals surface area contributed by atoms with E-state index in [0.717, 1.165) is 23.9 Å². The first kappa shape index (κ1) is 35.9. The fraction of sp³-hybridized carbons (Fsp3) is 0.200. The monoisotopic (exact) mass is 724 g/mol. The Morgan fingerprint density at radius 2 is 0.962 bits per heavy atom. The van der Waals surface area contributed by atoms with Gasteiger partial charge in [0.05, 0.1) is 59.3 Å². The van der Waals surface area contributed by atoms with Crippen LogP contribution < -0.4 is 29.6 Å². The number of benzene rings is 5. The van der Waals surface area contributed by atoms with Gasteiger partial charge >= 0.3 is 0 Å². The molecule has 0 saturated carbocycles. The van der Waals surface area contributed by atoms with Crippen molar-refractivity contribution in [3.05, 3.63) is 107 Å². The minimum atomic E-state index is -1.10. The first-order valence-electron chi connectivity index (χ1n) is 16.8. The van der Waals surface area contributed by atoms with E-state index in [0.29, 0.717) is 46.8 Å². The molecule has 10 nitrogen and oxygen atoms in total. The number of hydrogen-bond donors (Lipinski definition) is 4. The van der Waals surface area contributed by atoms with Crippen LogP contribution >= 0.6 is 11.8 Å². The molecule has 5 aromatic rings. The summed E-state index contributed by atoms with van der Waals surface area (Å²) in [4.78, 5) is 29.7. The van der Waals surface area contributed by atoms with E-state index in [9.17, 15) is 19.8 Å². The molecule has 12 heteroatoms. The van der Waals surface area contributed by atoms with Crippen LogP contribution in [0.1, 0.15) is 59.5 Å². The molecule has 268 valence electrons. The third-order valence-corrected chi connectivity index (χ3v) is 9.22. The number of anilines is 4. The van der Waals surface area contributed by atoms with E-state index < -0.39 is 45.6 Å². The Morgan fingerprint density at radius 3 is 1.40 bits per heavy atom. The third kappa shape index (κ3) is 6.64. The SMILES string of the molecule is CCOc1cccc(OCC)c1Nc1c(F)c2c(c(Sc3ccccc3)c1Nc1c(OCC)cccc1OCC)C(=O)c1c(O)ccc(O)c1C2=O. The molecule has 1 aliphatic carbocycles. The largest absolute Gasteiger partial charge is 0.507 e. The Morgan fingerprint density at radius 1 is 0.538 bits per heavy atom. The zero-order valence-corrected chi connectivity index (χ0v) is 29.8. The predicted octanol–water partition coefficient (Wildman–Crippen LogP) is 9.25. The molecular formula is C40H37FN2O8S. The number of nitrogens with one attached hydrogen (secondary N) is 2.